The average Bonchev–Trinajstić information content (AvgIpc) is 3.05. The summed E-state index contributed by atoms with van der Waals surface area (Å²) in [6.45, 7) is 3.57. The molecule has 0 bridgehead atoms. The van der Waals surface area contributed by atoms with Crippen LogP contribution < -0.4 is 4.89 Å². The van der Waals surface area contributed by atoms with Gasteiger partial charge in [0.1, 0.15) is 6.61 Å². The fraction of sp³-hybridized carbons (Fsp3) is 0.846. The molecule has 0 aromatic carbocycles. The minimum atomic E-state index is -5.00. The minimum absolute atomic E-state index is 0.186. The Morgan fingerprint density at radius 2 is 0.917 bits per heavy atom. The van der Waals surface area contributed by atoms with Crippen LogP contribution >= 0.6 is 7.82 Å². The van der Waals surface area contributed by atoms with Crippen molar-refractivity contribution in [3.63, 3.8) is 0 Å². The van der Waals surface area contributed by atoms with Crippen molar-refractivity contribution in [2.24, 2.45) is 0 Å². The fourth-order valence-electron chi connectivity index (χ4n) is 5.48. The molecule has 282 valence electrons. The third-order valence-electron chi connectivity index (χ3n) is 8.44. The van der Waals surface area contributed by atoms with Crippen molar-refractivity contribution in [3.05, 3.63) is 24.3 Å². The summed E-state index contributed by atoms with van der Waals surface area (Å²) in [4.78, 5) is 44.6. The molecule has 1 N–H and O–H groups in total. The molecular formula is C39H72O8P-. The summed E-state index contributed by atoms with van der Waals surface area (Å²) in [5, 5.41) is 0. The molecule has 0 amide bonds. The Hall–Kier alpha value is -1.47. The van der Waals surface area contributed by atoms with Crippen LogP contribution in [0.4, 0.5) is 0 Å². The zero-order valence-corrected chi connectivity index (χ0v) is 31.7. The summed E-state index contributed by atoms with van der Waals surface area (Å²) in [5.41, 5.74) is 0. The van der Waals surface area contributed by atoms with Crippen LogP contribution in [0.3, 0.4) is 0 Å². The van der Waals surface area contributed by atoms with E-state index < -0.39 is 32.5 Å². The molecule has 0 spiro atoms. The number of esters is 2. The number of phosphoric acid groups is 1. The normalized spacial score (nSPS) is 13.7. The summed E-state index contributed by atoms with van der Waals surface area (Å²) in [6, 6.07) is 0. The van der Waals surface area contributed by atoms with Crippen LogP contribution in [-0.2, 0) is 28.2 Å². The molecule has 0 fully saturated rings. The zero-order valence-electron chi connectivity index (χ0n) is 30.9. The van der Waals surface area contributed by atoms with E-state index in [2.05, 4.69) is 42.7 Å². The first-order chi connectivity index (χ1) is 23.3. The second-order valence-electron chi connectivity index (χ2n) is 13.2. The predicted molar refractivity (Wildman–Crippen MR) is 196 cm³/mol. The lowest BCUT2D eigenvalue weighted by Gasteiger charge is -2.21. The molecule has 48 heavy (non-hydrogen) atoms. The van der Waals surface area contributed by atoms with Crippen LogP contribution in [0.5, 0.6) is 0 Å². The van der Waals surface area contributed by atoms with Crippen molar-refractivity contribution >= 4 is 19.8 Å². The number of hydrogen-bond acceptors (Lipinski definition) is 7. The third-order valence-corrected chi connectivity index (χ3v) is 8.91. The molecule has 0 saturated heterocycles. The van der Waals surface area contributed by atoms with E-state index in [1.165, 1.54) is 89.9 Å². The van der Waals surface area contributed by atoms with Gasteiger partial charge in [-0.1, -0.05) is 141 Å². The maximum atomic E-state index is 12.3. The molecule has 0 aromatic rings. The van der Waals surface area contributed by atoms with Crippen molar-refractivity contribution in [2.75, 3.05) is 13.2 Å². The molecule has 0 aliphatic rings. The van der Waals surface area contributed by atoms with Gasteiger partial charge in [0, 0.05) is 12.8 Å². The summed E-state index contributed by atoms with van der Waals surface area (Å²) >= 11 is 0. The van der Waals surface area contributed by atoms with Crippen molar-refractivity contribution in [1.29, 1.82) is 0 Å². The highest BCUT2D eigenvalue weighted by atomic mass is 31.2. The van der Waals surface area contributed by atoms with E-state index in [9.17, 15) is 19.0 Å². The van der Waals surface area contributed by atoms with Crippen LogP contribution in [0.2, 0.25) is 0 Å². The Bertz CT molecular complexity index is 838. The molecule has 0 aromatic heterocycles. The van der Waals surface area contributed by atoms with Gasteiger partial charge in [-0.25, -0.2) is 0 Å². The number of hydrogen-bond donors (Lipinski definition) is 1. The van der Waals surface area contributed by atoms with E-state index in [-0.39, 0.29) is 19.4 Å². The number of ether oxygens (including phenoxy) is 2. The Kier molecular flexibility index (Phi) is 34.3. The van der Waals surface area contributed by atoms with Crippen LogP contribution in [0.1, 0.15) is 194 Å². The minimum Gasteiger partial charge on any atom is -0.756 e. The first-order valence-corrected chi connectivity index (χ1v) is 21.1. The first kappa shape index (κ1) is 46.5. The Labute approximate surface area is 294 Å². The SMILES string of the molecule is CCCCCCCCC=CCCCCCCCC(=O)OCC(COP(=O)([O-])O)OC(=O)CCCCCCCC=CCCCCCCCC. The van der Waals surface area contributed by atoms with Gasteiger partial charge in [0.05, 0.1) is 6.61 Å². The number of carbonyl (C=O) groups excluding carboxylic acids is 2. The Morgan fingerprint density at radius 1 is 0.562 bits per heavy atom. The van der Waals surface area contributed by atoms with Crippen LogP contribution in [-0.4, -0.2) is 36.1 Å². The maximum Gasteiger partial charge on any atom is 0.306 e. The average molecular weight is 700 g/mol. The quantitative estimate of drug-likeness (QED) is 0.0297. The zero-order chi connectivity index (χ0) is 35.4. The molecule has 0 aliphatic carbocycles. The van der Waals surface area contributed by atoms with Gasteiger partial charge in [0.25, 0.3) is 7.82 Å². The fourth-order valence-corrected chi connectivity index (χ4v) is 5.83. The Morgan fingerprint density at radius 3 is 1.31 bits per heavy atom. The molecule has 0 saturated carbocycles. The van der Waals surface area contributed by atoms with Gasteiger partial charge >= 0.3 is 11.9 Å². The molecule has 9 heteroatoms. The molecule has 0 aliphatic heterocycles. The van der Waals surface area contributed by atoms with E-state index in [4.69, 9.17) is 14.4 Å². The van der Waals surface area contributed by atoms with Crippen molar-refractivity contribution in [1.82, 2.24) is 0 Å². The highest BCUT2D eigenvalue weighted by molar-refractivity contribution is 7.44. The molecule has 2 unspecified atom stereocenters. The molecule has 0 radical (unpaired) electrons. The largest absolute Gasteiger partial charge is 0.756 e. The molecule has 8 nitrogen and oxygen atoms in total. The van der Waals surface area contributed by atoms with E-state index >= 15 is 0 Å². The van der Waals surface area contributed by atoms with Gasteiger partial charge in [0.2, 0.25) is 0 Å². The second kappa shape index (κ2) is 35.4. The monoisotopic (exact) mass is 699 g/mol. The van der Waals surface area contributed by atoms with E-state index in [0.29, 0.717) is 12.8 Å². The van der Waals surface area contributed by atoms with Crippen molar-refractivity contribution < 1.29 is 37.9 Å². The Balaban J connectivity index is 3.97. The summed E-state index contributed by atoms with van der Waals surface area (Å²) in [7, 11) is -5.00. The number of phosphoric ester groups is 1. The van der Waals surface area contributed by atoms with Crippen LogP contribution in [0.25, 0.3) is 0 Å². The van der Waals surface area contributed by atoms with Gasteiger partial charge in [-0.2, -0.15) is 0 Å². The number of allylic oxidation sites excluding steroid dienone is 4. The van der Waals surface area contributed by atoms with Gasteiger partial charge < -0.3 is 23.8 Å². The van der Waals surface area contributed by atoms with Gasteiger partial charge in [0.15, 0.2) is 6.10 Å². The molecule has 0 rings (SSSR count). The number of carbonyl (C=O) groups is 2. The smallest absolute Gasteiger partial charge is 0.306 e. The lowest BCUT2D eigenvalue weighted by atomic mass is 10.1. The van der Waals surface area contributed by atoms with Gasteiger partial charge in [-0.05, 0) is 64.2 Å². The second-order valence-corrected chi connectivity index (χ2v) is 14.4. The van der Waals surface area contributed by atoms with Crippen molar-refractivity contribution in [3.8, 4) is 0 Å². The molecular weight excluding hydrogens is 627 g/mol. The highest BCUT2D eigenvalue weighted by Crippen LogP contribution is 2.30. The predicted octanol–water partition coefficient (Wildman–Crippen LogP) is 11.0. The lowest BCUT2D eigenvalue weighted by molar-refractivity contribution is -0.223. The van der Waals surface area contributed by atoms with Crippen molar-refractivity contribution in [2.45, 2.75) is 200 Å². The lowest BCUT2D eigenvalue weighted by Crippen LogP contribution is -2.30. The highest BCUT2D eigenvalue weighted by Gasteiger charge is 2.19. The topological polar surface area (TPSA) is 122 Å². The van der Waals surface area contributed by atoms with E-state index in [0.717, 1.165) is 64.2 Å². The summed E-state index contributed by atoms with van der Waals surface area (Å²) in [6.07, 6.45) is 38.7. The standard InChI is InChI=1S/C39H73O8P/c1-3-5-7-9-11-13-15-17-19-21-23-25-27-29-31-33-38(40)45-35-37(36-46-48(42,43)44)47-39(41)34-32-30-28-26-24-22-20-18-16-14-12-10-8-6-4-2/h17-20,37H,3-16,21-36H2,1-2H3,(H2,42,43,44)/p-1. The molecule has 2 atom stereocenters. The van der Waals surface area contributed by atoms with Gasteiger partial charge in [-0.3, -0.25) is 14.2 Å². The number of rotatable bonds is 36. The first-order valence-electron chi connectivity index (χ1n) is 19.6. The molecule has 0 heterocycles. The summed E-state index contributed by atoms with van der Waals surface area (Å²) < 4.78 is 26.0. The number of unbranched alkanes of at least 4 members (excludes halogenated alkanes) is 22. The van der Waals surface area contributed by atoms with Crippen LogP contribution in [0, 0.1) is 0 Å². The van der Waals surface area contributed by atoms with E-state index in [1.54, 1.807) is 0 Å². The van der Waals surface area contributed by atoms with Crippen LogP contribution in [0.15, 0.2) is 24.3 Å². The maximum absolute atomic E-state index is 12.3. The van der Waals surface area contributed by atoms with Gasteiger partial charge in [-0.15, -0.1) is 0 Å². The van der Waals surface area contributed by atoms with E-state index in [1.807, 2.05) is 0 Å². The third kappa shape index (κ3) is 37.4. The summed E-state index contributed by atoms with van der Waals surface area (Å²) in [5.74, 6) is -0.937.